The third-order valence-corrected chi connectivity index (χ3v) is 2.68. The van der Waals surface area contributed by atoms with Gasteiger partial charge in [0.2, 0.25) is 5.76 Å². The Bertz CT molecular complexity index is 557. The van der Waals surface area contributed by atoms with Crippen LogP contribution in [0, 0.1) is 0 Å². The van der Waals surface area contributed by atoms with Crippen LogP contribution in [0.4, 0.5) is 4.79 Å². The molecule has 0 aromatic rings. The lowest BCUT2D eigenvalue weighted by Crippen LogP contribution is -2.42. The van der Waals surface area contributed by atoms with E-state index in [0.717, 1.165) is 30.2 Å². The zero-order valence-electron chi connectivity index (χ0n) is 10.8. The molecule has 7 nitrogen and oxygen atoms in total. The molecule has 3 N–H and O–H groups in total. The van der Waals surface area contributed by atoms with Crippen molar-refractivity contribution in [3.8, 4) is 0 Å². The van der Waals surface area contributed by atoms with Crippen molar-refractivity contribution in [1.29, 1.82) is 0 Å². The van der Waals surface area contributed by atoms with E-state index in [1.165, 1.54) is 6.26 Å². The monoisotopic (exact) mass is 278 g/mol. The van der Waals surface area contributed by atoms with Crippen molar-refractivity contribution >= 4 is 12.0 Å². The van der Waals surface area contributed by atoms with Gasteiger partial charge in [-0.2, -0.15) is 0 Å². The number of carbonyl (C=O) groups is 2. The van der Waals surface area contributed by atoms with Crippen LogP contribution in [0.25, 0.3) is 0 Å². The Hall–Kier alpha value is -2.70. The molecule has 0 radical (unpaired) electrons. The first-order valence-corrected chi connectivity index (χ1v) is 5.97. The second-order valence-corrected chi connectivity index (χ2v) is 4.24. The van der Waals surface area contributed by atoms with Crippen molar-refractivity contribution in [2.24, 2.45) is 0 Å². The Morgan fingerprint density at radius 2 is 2.10 bits per heavy atom. The highest BCUT2D eigenvalue weighted by atomic mass is 16.5. The highest BCUT2D eigenvalue weighted by Crippen LogP contribution is 2.27. The van der Waals surface area contributed by atoms with E-state index >= 15 is 0 Å². The molecule has 1 aliphatic heterocycles. The highest BCUT2D eigenvalue weighted by Gasteiger charge is 2.21. The van der Waals surface area contributed by atoms with Gasteiger partial charge in [-0.3, -0.25) is 10.2 Å². The Kier molecular flexibility index (Phi) is 4.09. The van der Waals surface area contributed by atoms with Crippen LogP contribution < -0.4 is 10.9 Å². The number of rotatable bonds is 2. The van der Waals surface area contributed by atoms with Gasteiger partial charge in [-0.05, 0) is 25.3 Å². The number of carboxylic acid groups (broad SMARTS) is 1. The van der Waals surface area contributed by atoms with Gasteiger partial charge in [0.05, 0.1) is 0 Å². The zero-order valence-corrected chi connectivity index (χ0v) is 10.8. The summed E-state index contributed by atoms with van der Waals surface area (Å²) in [6.45, 7) is 1.98. The van der Waals surface area contributed by atoms with Crippen LogP contribution in [0.2, 0.25) is 0 Å². The lowest BCUT2D eigenvalue weighted by molar-refractivity contribution is -0.121. The topological polar surface area (TPSA) is 96.9 Å². The maximum atomic E-state index is 11.6. The summed E-state index contributed by atoms with van der Waals surface area (Å²) in [4.78, 5) is 21.9. The summed E-state index contributed by atoms with van der Waals surface area (Å²) in [6, 6.07) is 0. The minimum atomic E-state index is -1.37. The SMILES string of the molecule is CC1=CCCC(C2=COC=C(C(=O)NNC(=O)O)O2)=C1. The van der Waals surface area contributed by atoms with Gasteiger partial charge in [0, 0.05) is 0 Å². The molecule has 0 saturated carbocycles. The normalized spacial score (nSPS) is 17.4. The van der Waals surface area contributed by atoms with Crippen LogP contribution >= 0.6 is 0 Å². The first-order chi connectivity index (χ1) is 9.56. The molecule has 0 bridgehead atoms. The summed E-state index contributed by atoms with van der Waals surface area (Å²) in [6.07, 6.45) is 6.88. The molecular formula is C13H14N2O5. The summed E-state index contributed by atoms with van der Waals surface area (Å²) >= 11 is 0. The largest absolute Gasteiger partial charge is 0.465 e. The standard InChI is InChI=1S/C13H14N2O5/c1-8-3-2-4-9(5-8)10-6-19-7-11(20-10)12(16)14-15-13(17)18/h3,5-7,15H,2,4H2,1H3,(H,14,16)(H,17,18). The second-order valence-electron chi connectivity index (χ2n) is 4.24. The molecule has 2 aliphatic rings. The number of hydrogen-bond acceptors (Lipinski definition) is 4. The number of ether oxygens (including phenoxy) is 2. The molecule has 2 amide bonds. The molecule has 1 aliphatic carbocycles. The average Bonchev–Trinajstić information content (AvgIpc) is 2.45. The maximum absolute atomic E-state index is 11.6. The molecule has 0 spiro atoms. The fraction of sp³-hybridized carbons (Fsp3) is 0.231. The number of hydrazine groups is 1. The molecule has 0 aromatic heterocycles. The zero-order chi connectivity index (χ0) is 14.5. The number of nitrogens with one attached hydrogen (secondary N) is 2. The van der Waals surface area contributed by atoms with E-state index in [9.17, 15) is 9.59 Å². The van der Waals surface area contributed by atoms with E-state index in [1.807, 2.05) is 18.4 Å². The van der Waals surface area contributed by atoms with E-state index in [-0.39, 0.29) is 5.76 Å². The van der Waals surface area contributed by atoms with Crippen molar-refractivity contribution in [3.63, 3.8) is 0 Å². The molecule has 0 aromatic carbocycles. The predicted octanol–water partition coefficient (Wildman–Crippen LogP) is 1.68. The summed E-state index contributed by atoms with van der Waals surface area (Å²) in [5.41, 5.74) is 5.75. The third kappa shape index (κ3) is 3.41. The number of carbonyl (C=O) groups excluding carboxylic acids is 1. The Labute approximate surface area is 115 Å². The van der Waals surface area contributed by atoms with Crippen LogP contribution in [0.5, 0.6) is 0 Å². The van der Waals surface area contributed by atoms with Gasteiger partial charge in [0.1, 0.15) is 12.5 Å². The van der Waals surface area contributed by atoms with Gasteiger partial charge in [0.15, 0.2) is 5.76 Å². The predicted molar refractivity (Wildman–Crippen MR) is 68.7 cm³/mol. The fourth-order valence-corrected chi connectivity index (χ4v) is 1.79. The van der Waals surface area contributed by atoms with Gasteiger partial charge in [-0.1, -0.05) is 17.7 Å². The number of amides is 2. The lowest BCUT2D eigenvalue weighted by Gasteiger charge is -2.19. The van der Waals surface area contributed by atoms with E-state index in [4.69, 9.17) is 14.6 Å². The molecule has 0 unspecified atom stereocenters. The molecule has 20 heavy (non-hydrogen) atoms. The van der Waals surface area contributed by atoms with Crippen LogP contribution in [-0.4, -0.2) is 17.1 Å². The first kappa shape index (κ1) is 13.7. The van der Waals surface area contributed by atoms with Gasteiger partial charge >= 0.3 is 12.0 Å². The molecule has 1 heterocycles. The van der Waals surface area contributed by atoms with Crippen molar-refractivity contribution in [2.45, 2.75) is 19.8 Å². The van der Waals surface area contributed by atoms with E-state index in [2.05, 4.69) is 6.08 Å². The lowest BCUT2D eigenvalue weighted by atomic mass is 9.99. The molecule has 2 rings (SSSR count). The summed E-state index contributed by atoms with van der Waals surface area (Å²) in [5.74, 6) is -0.411. The average molecular weight is 278 g/mol. The summed E-state index contributed by atoms with van der Waals surface area (Å²) in [7, 11) is 0. The van der Waals surface area contributed by atoms with Gasteiger partial charge in [0.25, 0.3) is 0 Å². The van der Waals surface area contributed by atoms with Crippen LogP contribution in [0.15, 0.2) is 47.3 Å². The third-order valence-electron chi connectivity index (χ3n) is 2.68. The van der Waals surface area contributed by atoms with Crippen molar-refractivity contribution in [3.05, 3.63) is 47.3 Å². The molecular weight excluding hydrogens is 264 g/mol. The number of hydrogen-bond donors (Lipinski definition) is 3. The van der Waals surface area contributed by atoms with E-state index in [1.54, 1.807) is 5.43 Å². The molecule has 0 atom stereocenters. The number of allylic oxidation sites excluding steroid dienone is 4. The summed E-state index contributed by atoms with van der Waals surface area (Å²) in [5, 5.41) is 8.40. The second kappa shape index (κ2) is 5.96. The highest BCUT2D eigenvalue weighted by molar-refractivity contribution is 5.92. The Morgan fingerprint density at radius 1 is 1.30 bits per heavy atom. The molecule has 0 fully saturated rings. The van der Waals surface area contributed by atoms with Gasteiger partial charge in [-0.15, -0.1) is 0 Å². The maximum Gasteiger partial charge on any atom is 0.423 e. The van der Waals surface area contributed by atoms with Crippen molar-refractivity contribution in [2.75, 3.05) is 0 Å². The van der Waals surface area contributed by atoms with Crippen LogP contribution in [-0.2, 0) is 14.3 Å². The van der Waals surface area contributed by atoms with Gasteiger partial charge < -0.3 is 14.6 Å². The van der Waals surface area contributed by atoms with Crippen LogP contribution in [0.1, 0.15) is 19.8 Å². The Balaban J connectivity index is 2.00. The van der Waals surface area contributed by atoms with E-state index < -0.39 is 12.0 Å². The van der Waals surface area contributed by atoms with E-state index in [0.29, 0.717) is 5.76 Å². The van der Waals surface area contributed by atoms with Gasteiger partial charge in [-0.25, -0.2) is 10.2 Å². The minimum Gasteiger partial charge on any atom is -0.465 e. The molecule has 7 heteroatoms. The van der Waals surface area contributed by atoms with Crippen LogP contribution in [0.3, 0.4) is 0 Å². The van der Waals surface area contributed by atoms with Crippen molar-refractivity contribution in [1.82, 2.24) is 10.9 Å². The quantitative estimate of drug-likeness (QED) is 0.668. The minimum absolute atomic E-state index is 0.121. The molecule has 106 valence electrons. The smallest absolute Gasteiger partial charge is 0.423 e. The Morgan fingerprint density at radius 3 is 2.80 bits per heavy atom. The van der Waals surface area contributed by atoms with Crippen molar-refractivity contribution < 1.29 is 24.2 Å². The fourth-order valence-electron chi connectivity index (χ4n) is 1.79. The first-order valence-electron chi connectivity index (χ1n) is 5.97. The summed E-state index contributed by atoms with van der Waals surface area (Å²) < 4.78 is 10.5. The molecule has 0 saturated heterocycles.